The lowest BCUT2D eigenvalue weighted by molar-refractivity contribution is 0.122. The van der Waals surface area contributed by atoms with Gasteiger partial charge in [-0.3, -0.25) is 10.4 Å². The van der Waals surface area contributed by atoms with E-state index in [4.69, 9.17) is 14.8 Å². The van der Waals surface area contributed by atoms with Crippen LogP contribution in [0.15, 0.2) is 78.0 Å². The second-order valence-corrected chi connectivity index (χ2v) is 8.59. The summed E-state index contributed by atoms with van der Waals surface area (Å²) in [5.41, 5.74) is 8.93. The fourth-order valence-corrected chi connectivity index (χ4v) is 4.33. The lowest BCUT2D eigenvalue weighted by Gasteiger charge is -2.29. The van der Waals surface area contributed by atoms with Crippen LogP contribution in [0.5, 0.6) is 0 Å². The van der Waals surface area contributed by atoms with Gasteiger partial charge in [0.1, 0.15) is 5.82 Å². The van der Waals surface area contributed by atoms with E-state index in [0.29, 0.717) is 19.0 Å². The Morgan fingerprint density at radius 3 is 2.80 bits per heavy atom. The van der Waals surface area contributed by atoms with Crippen molar-refractivity contribution in [3.05, 3.63) is 84.1 Å². The fourth-order valence-electron chi connectivity index (χ4n) is 4.33. The van der Waals surface area contributed by atoms with Crippen molar-refractivity contribution in [3.8, 4) is 11.3 Å². The average Bonchev–Trinajstić information content (AvgIpc) is 3.33. The summed E-state index contributed by atoms with van der Waals surface area (Å²) in [5, 5.41) is 10.4. The highest BCUT2D eigenvalue weighted by Crippen LogP contribution is 2.27. The Kier molecular flexibility index (Phi) is 5.56. The van der Waals surface area contributed by atoms with Crippen molar-refractivity contribution in [1.29, 1.82) is 0 Å². The number of benzene rings is 2. The molecule has 1 aliphatic heterocycles. The van der Waals surface area contributed by atoms with E-state index in [0.717, 1.165) is 52.3 Å². The first kappa shape index (κ1) is 21.2. The number of hydrogen-bond donors (Lipinski definition) is 1. The van der Waals surface area contributed by atoms with Crippen LogP contribution in [0.2, 0.25) is 0 Å². The Bertz CT molecular complexity index is 1540. The molecular weight excluding hydrogens is 438 g/mol. The van der Waals surface area contributed by atoms with Crippen LogP contribution in [-0.2, 0) is 4.74 Å². The van der Waals surface area contributed by atoms with Crippen LogP contribution in [0.1, 0.15) is 11.1 Å². The van der Waals surface area contributed by atoms with Gasteiger partial charge in [0.2, 0.25) is 0 Å². The SMILES string of the molecule is Cc1cccc(/C=N/Nc2cc(N3CCOCC3)n3nc(-c4ccc5ncccc5c4)cc3n2)c1. The molecule has 1 aliphatic rings. The van der Waals surface area contributed by atoms with Crippen molar-refractivity contribution in [2.75, 3.05) is 36.6 Å². The minimum atomic E-state index is 0.664. The topological polar surface area (TPSA) is 79.9 Å². The van der Waals surface area contributed by atoms with E-state index >= 15 is 0 Å². The van der Waals surface area contributed by atoms with Gasteiger partial charge >= 0.3 is 0 Å². The summed E-state index contributed by atoms with van der Waals surface area (Å²) in [4.78, 5) is 11.5. The van der Waals surface area contributed by atoms with Gasteiger partial charge in [0.25, 0.3) is 0 Å². The molecule has 8 heteroatoms. The minimum absolute atomic E-state index is 0.664. The number of aromatic nitrogens is 4. The number of rotatable bonds is 5. The second-order valence-electron chi connectivity index (χ2n) is 8.59. The molecule has 174 valence electrons. The van der Waals surface area contributed by atoms with E-state index in [1.165, 1.54) is 5.56 Å². The Morgan fingerprint density at radius 2 is 1.91 bits per heavy atom. The van der Waals surface area contributed by atoms with Gasteiger partial charge in [-0.05, 0) is 30.7 Å². The van der Waals surface area contributed by atoms with Crippen molar-refractivity contribution in [1.82, 2.24) is 19.6 Å². The molecule has 0 saturated carbocycles. The van der Waals surface area contributed by atoms with Crippen LogP contribution in [0.3, 0.4) is 0 Å². The summed E-state index contributed by atoms with van der Waals surface area (Å²) in [5.74, 6) is 1.62. The molecule has 6 rings (SSSR count). The molecule has 5 aromatic rings. The number of hydrazone groups is 1. The standard InChI is InChI=1S/C27H25N7O/c1-19-4-2-5-20(14-19)18-29-31-25-17-27(33-10-12-35-13-11-33)34-26(30-25)16-24(32-34)22-7-8-23-21(15-22)6-3-9-28-23/h2-9,14-18H,10-13H2,1H3,(H,30,31)/b29-18+. The van der Waals surface area contributed by atoms with Crippen molar-refractivity contribution in [3.63, 3.8) is 0 Å². The Hall–Kier alpha value is -4.30. The zero-order valence-electron chi connectivity index (χ0n) is 19.4. The highest BCUT2D eigenvalue weighted by molar-refractivity contribution is 5.84. The number of nitrogens with one attached hydrogen (secondary N) is 1. The third-order valence-corrected chi connectivity index (χ3v) is 6.08. The van der Waals surface area contributed by atoms with E-state index in [2.05, 4.69) is 57.7 Å². The van der Waals surface area contributed by atoms with E-state index < -0.39 is 0 Å². The van der Waals surface area contributed by atoms with Gasteiger partial charge in [0.05, 0.1) is 30.6 Å². The normalized spacial score (nSPS) is 14.3. The molecule has 8 nitrogen and oxygen atoms in total. The maximum Gasteiger partial charge on any atom is 0.160 e. The zero-order valence-corrected chi connectivity index (χ0v) is 19.4. The van der Waals surface area contributed by atoms with E-state index in [1.54, 1.807) is 12.4 Å². The monoisotopic (exact) mass is 463 g/mol. The van der Waals surface area contributed by atoms with E-state index in [-0.39, 0.29) is 0 Å². The van der Waals surface area contributed by atoms with Gasteiger partial charge in [-0.1, -0.05) is 42.0 Å². The second kappa shape index (κ2) is 9.15. The van der Waals surface area contributed by atoms with Gasteiger partial charge in [0.15, 0.2) is 11.5 Å². The number of nitrogens with zero attached hydrogens (tertiary/aromatic N) is 6. The van der Waals surface area contributed by atoms with Gasteiger partial charge < -0.3 is 9.64 Å². The molecule has 1 saturated heterocycles. The smallest absolute Gasteiger partial charge is 0.160 e. The van der Waals surface area contributed by atoms with Crippen molar-refractivity contribution >= 4 is 34.4 Å². The predicted octanol–water partition coefficient (Wildman–Crippen LogP) is 4.54. The molecule has 35 heavy (non-hydrogen) atoms. The first-order valence-corrected chi connectivity index (χ1v) is 11.7. The predicted molar refractivity (Wildman–Crippen MR) is 139 cm³/mol. The highest BCUT2D eigenvalue weighted by atomic mass is 16.5. The first-order chi connectivity index (χ1) is 17.2. The van der Waals surface area contributed by atoms with Gasteiger partial charge in [0, 0.05) is 42.4 Å². The van der Waals surface area contributed by atoms with Crippen molar-refractivity contribution in [2.24, 2.45) is 5.10 Å². The summed E-state index contributed by atoms with van der Waals surface area (Å²) >= 11 is 0. The number of fused-ring (bicyclic) bond motifs is 2. The third-order valence-electron chi connectivity index (χ3n) is 6.08. The molecular formula is C27H25N7O. The number of hydrogen-bond acceptors (Lipinski definition) is 7. The Morgan fingerprint density at radius 1 is 1.00 bits per heavy atom. The van der Waals surface area contributed by atoms with Crippen LogP contribution >= 0.6 is 0 Å². The van der Waals surface area contributed by atoms with Crippen LogP contribution in [-0.4, -0.2) is 52.1 Å². The molecule has 2 aromatic carbocycles. The maximum absolute atomic E-state index is 5.57. The number of morpholine rings is 1. The summed E-state index contributed by atoms with van der Waals surface area (Å²) in [6.07, 6.45) is 3.61. The fraction of sp³-hybridized carbons (Fsp3) is 0.185. The highest BCUT2D eigenvalue weighted by Gasteiger charge is 2.18. The summed E-state index contributed by atoms with van der Waals surface area (Å²) in [6.45, 7) is 5.02. The van der Waals surface area contributed by atoms with Crippen molar-refractivity contribution < 1.29 is 4.74 Å². The summed E-state index contributed by atoms with van der Waals surface area (Å²) in [7, 11) is 0. The van der Waals surface area contributed by atoms with Gasteiger partial charge in [-0.15, -0.1) is 0 Å². The molecule has 0 radical (unpaired) electrons. The number of pyridine rings is 1. The molecule has 0 bridgehead atoms. The van der Waals surface area contributed by atoms with Crippen LogP contribution in [0.4, 0.5) is 11.6 Å². The lowest BCUT2D eigenvalue weighted by Crippen LogP contribution is -2.37. The van der Waals surface area contributed by atoms with Gasteiger partial charge in [-0.2, -0.15) is 14.7 Å². The molecule has 1 N–H and O–H groups in total. The van der Waals surface area contributed by atoms with E-state index in [1.807, 2.05) is 40.9 Å². The number of aryl methyl sites for hydroxylation is 1. The number of anilines is 2. The minimum Gasteiger partial charge on any atom is -0.378 e. The van der Waals surface area contributed by atoms with Crippen LogP contribution in [0.25, 0.3) is 27.8 Å². The number of ether oxygens (including phenoxy) is 1. The molecule has 4 heterocycles. The largest absolute Gasteiger partial charge is 0.378 e. The molecule has 0 spiro atoms. The van der Waals surface area contributed by atoms with E-state index in [9.17, 15) is 0 Å². The molecule has 0 atom stereocenters. The van der Waals surface area contributed by atoms with Crippen LogP contribution in [0, 0.1) is 6.92 Å². The zero-order chi connectivity index (χ0) is 23.6. The Labute approximate surface area is 202 Å². The van der Waals surface area contributed by atoms with Gasteiger partial charge in [-0.25, -0.2) is 4.98 Å². The summed E-state index contributed by atoms with van der Waals surface area (Å²) < 4.78 is 7.48. The third kappa shape index (κ3) is 4.43. The quantitative estimate of drug-likeness (QED) is 0.305. The maximum atomic E-state index is 5.57. The molecule has 0 aliphatic carbocycles. The molecule has 0 unspecified atom stereocenters. The Balaban J connectivity index is 1.38. The van der Waals surface area contributed by atoms with Crippen molar-refractivity contribution in [2.45, 2.75) is 6.92 Å². The lowest BCUT2D eigenvalue weighted by atomic mass is 10.1. The first-order valence-electron chi connectivity index (χ1n) is 11.7. The molecule has 0 amide bonds. The summed E-state index contributed by atoms with van der Waals surface area (Å²) in [6, 6.07) is 22.4. The average molecular weight is 464 g/mol. The van der Waals surface area contributed by atoms with Crippen LogP contribution < -0.4 is 10.3 Å². The molecule has 1 fully saturated rings. The molecule has 3 aromatic heterocycles.